The zero-order valence-corrected chi connectivity index (χ0v) is 12.4. The number of hydrogen-bond acceptors (Lipinski definition) is 4. The predicted octanol–water partition coefficient (Wildman–Crippen LogP) is 2.12. The molecule has 0 saturated carbocycles. The van der Waals surface area contributed by atoms with E-state index in [4.69, 9.17) is 5.11 Å². The Bertz CT molecular complexity index is 226. The van der Waals surface area contributed by atoms with Gasteiger partial charge in [-0.3, -0.25) is 4.79 Å². The summed E-state index contributed by atoms with van der Waals surface area (Å²) in [6.07, 6.45) is 4.41. The zero-order valence-electron chi connectivity index (χ0n) is 11.6. The van der Waals surface area contributed by atoms with Crippen LogP contribution in [0.25, 0.3) is 0 Å². The molecule has 3 N–H and O–H groups in total. The van der Waals surface area contributed by atoms with E-state index in [0.717, 1.165) is 43.7 Å². The van der Waals surface area contributed by atoms with Crippen molar-refractivity contribution in [3.8, 4) is 0 Å². The first-order valence-electron chi connectivity index (χ1n) is 6.74. The standard InChI is InChI=1S/C13H27NO3S/c1-3-8-14-13(2,12(16)17)7-4-5-10-18-11-6-9-15/h14-15H,3-11H2,1-2H3,(H,16,17). The van der Waals surface area contributed by atoms with E-state index in [-0.39, 0.29) is 6.61 Å². The number of unbranched alkanes of at least 4 members (excludes halogenated alkanes) is 1. The third-order valence-corrected chi connectivity index (χ3v) is 4.05. The minimum atomic E-state index is -0.786. The van der Waals surface area contributed by atoms with Gasteiger partial charge >= 0.3 is 5.97 Å². The van der Waals surface area contributed by atoms with Crippen LogP contribution in [0.1, 0.15) is 46.0 Å². The number of thioether (sulfide) groups is 1. The van der Waals surface area contributed by atoms with Crippen LogP contribution in [0.15, 0.2) is 0 Å². The van der Waals surface area contributed by atoms with Gasteiger partial charge in [0.25, 0.3) is 0 Å². The molecule has 0 fully saturated rings. The first-order chi connectivity index (χ1) is 8.56. The molecule has 0 aromatic heterocycles. The van der Waals surface area contributed by atoms with Crippen molar-refractivity contribution >= 4 is 17.7 Å². The predicted molar refractivity (Wildman–Crippen MR) is 77.2 cm³/mol. The first kappa shape index (κ1) is 17.7. The van der Waals surface area contributed by atoms with E-state index >= 15 is 0 Å². The maximum Gasteiger partial charge on any atom is 0.323 e. The van der Waals surface area contributed by atoms with Crippen LogP contribution in [0, 0.1) is 0 Å². The Balaban J connectivity index is 3.73. The van der Waals surface area contributed by atoms with Crippen molar-refractivity contribution in [1.29, 1.82) is 0 Å². The van der Waals surface area contributed by atoms with Crippen molar-refractivity contribution < 1.29 is 15.0 Å². The molecule has 0 aromatic rings. The molecule has 0 aliphatic heterocycles. The zero-order chi connectivity index (χ0) is 13.9. The Morgan fingerprint density at radius 1 is 1.28 bits per heavy atom. The molecule has 108 valence electrons. The molecule has 0 spiro atoms. The van der Waals surface area contributed by atoms with Gasteiger partial charge in [-0.25, -0.2) is 0 Å². The molecule has 4 nitrogen and oxygen atoms in total. The number of aliphatic hydroxyl groups is 1. The second kappa shape index (κ2) is 10.6. The van der Waals surface area contributed by atoms with Crippen LogP contribution >= 0.6 is 11.8 Å². The fraction of sp³-hybridized carbons (Fsp3) is 0.923. The van der Waals surface area contributed by atoms with E-state index in [9.17, 15) is 9.90 Å². The normalized spacial score (nSPS) is 14.4. The highest BCUT2D eigenvalue weighted by Crippen LogP contribution is 2.16. The van der Waals surface area contributed by atoms with Crippen molar-refractivity contribution in [3.05, 3.63) is 0 Å². The van der Waals surface area contributed by atoms with E-state index in [1.54, 1.807) is 6.92 Å². The third-order valence-electron chi connectivity index (χ3n) is 2.90. The molecule has 0 heterocycles. The number of nitrogens with one attached hydrogen (secondary N) is 1. The van der Waals surface area contributed by atoms with Crippen molar-refractivity contribution in [3.63, 3.8) is 0 Å². The quantitative estimate of drug-likeness (QED) is 0.477. The van der Waals surface area contributed by atoms with Gasteiger partial charge in [0.15, 0.2) is 0 Å². The van der Waals surface area contributed by atoms with Gasteiger partial charge in [-0.15, -0.1) is 0 Å². The van der Waals surface area contributed by atoms with E-state index in [0.29, 0.717) is 6.42 Å². The average molecular weight is 277 g/mol. The Labute approximate surface area is 115 Å². The highest BCUT2D eigenvalue weighted by atomic mass is 32.2. The number of rotatable bonds is 12. The summed E-state index contributed by atoms with van der Waals surface area (Å²) >= 11 is 1.83. The minimum absolute atomic E-state index is 0.255. The Morgan fingerprint density at radius 3 is 2.50 bits per heavy atom. The molecule has 1 unspecified atom stereocenters. The SMILES string of the molecule is CCCNC(C)(CCCCSCCCO)C(=O)O. The lowest BCUT2D eigenvalue weighted by Gasteiger charge is -2.26. The van der Waals surface area contributed by atoms with Crippen molar-refractivity contribution in [2.75, 3.05) is 24.7 Å². The van der Waals surface area contributed by atoms with E-state index in [1.807, 2.05) is 18.7 Å². The average Bonchev–Trinajstić information content (AvgIpc) is 2.35. The molecule has 0 aliphatic carbocycles. The number of carboxylic acid groups (broad SMARTS) is 1. The lowest BCUT2D eigenvalue weighted by Crippen LogP contribution is -2.49. The fourth-order valence-corrected chi connectivity index (χ4v) is 2.57. The Hall–Kier alpha value is -0.260. The summed E-state index contributed by atoms with van der Waals surface area (Å²) in [6, 6.07) is 0. The molecule has 18 heavy (non-hydrogen) atoms. The molecule has 0 aliphatic rings. The lowest BCUT2D eigenvalue weighted by molar-refractivity contribution is -0.144. The van der Waals surface area contributed by atoms with Gasteiger partial charge in [0.2, 0.25) is 0 Å². The molecule has 0 saturated heterocycles. The summed E-state index contributed by atoms with van der Waals surface area (Å²) in [5.74, 6) is 1.27. The molecule has 5 heteroatoms. The van der Waals surface area contributed by atoms with Gasteiger partial charge in [0, 0.05) is 6.61 Å². The van der Waals surface area contributed by atoms with Gasteiger partial charge in [0.1, 0.15) is 5.54 Å². The minimum Gasteiger partial charge on any atom is -0.480 e. The fourth-order valence-electron chi connectivity index (χ4n) is 1.62. The van der Waals surface area contributed by atoms with Gasteiger partial charge in [0.05, 0.1) is 0 Å². The highest BCUT2D eigenvalue weighted by molar-refractivity contribution is 7.99. The largest absolute Gasteiger partial charge is 0.480 e. The van der Waals surface area contributed by atoms with Gasteiger partial charge in [-0.2, -0.15) is 11.8 Å². The van der Waals surface area contributed by atoms with E-state index < -0.39 is 11.5 Å². The topological polar surface area (TPSA) is 69.6 Å². The Morgan fingerprint density at radius 2 is 1.94 bits per heavy atom. The second-order valence-corrected chi connectivity index (χ2v) is 5.94. The second-order valence-electron chi connectivity index (χ2n) is 4.71. The third kappa shape index (κ3) is 7.95. The van der Waals surface area contributed by atoms with Crippen LogP contribution in [0.3, 0.4) is 0 Å². The van der Waals surface area contributed by atoms with Crippen molar-refractivity contribution in [2.45, 2.75) is 51.5 Å². The Kier molecular flexibility index (Phi) is 10.5. The van der Waals surface area contributed by atoms with E-state index in [2.05, 4.69) is 5.32 Å². The van der Waals surface area contributed by atoms with E-state index in [1.165, 1.54) is 0 Å². The molecule has 0 bridgehead atoms. The van der Waals surface area contributed by atoms with Gasteiger partial charge < -0.3 is 15.5 Å². The summed E-state index contributed by atoms with van der Waals surface area (Å²) in [5.41, 5.74) is -0.786. The van der Waals surface area contributed by atoms with Crippen LogP contribution < -0.4 is 5.32 Å². The number of hydrogen-bond donors (Lipinski definition) is 3. The number of carbonyl (C=O) groups is 1. The van der Waals surface area contributed by atoms with Crippen LogP contribution in [0.2, 0.25) is 0 Å². The number of aliphatic hydroxyl groups excluding tert-OH is 1. The molecule has 0 aromatic carbocycles. The monoisotopic (exact) mass is 277 g/mol. The van der Waals surface area contributed by atoms with Gasteiger partial charge in [-0.05, 0) is 50.7 Å². The smallest absolute Gasteiger partial charge is 0.323 e. The molecular formula is C13H27NO3S. The first-order valence-corrected chi connectivity index (χ1v) is 7.89. The summed E-state index contributed by atoms with van der Waals surface area (Å²) in [5, 5.41) is 21.0. The summed E-state index contributed by atoms with van der Waals surface area (Å²) < 4.78 is 0. The number of carboxylic acids is 1. The summed E-state index contributed by atoms with van der Waals surface area (Å²) in [4.78, 5) is 11.2. The summed E-state index contributed by atoms with van der Waals surface area (Å²) in [7, 11) is 0. The van der Waals surface area contributed by atoms with Crippen molar-refractivity contribution in [2.24, 2.45) is 0 Å². The molecule has 0 amide bonds. The van der Waals surface area contributed by atoms with Crippen LogP contribution in [-0.4, -0.2) is 46.4 Å². The lowest BCUT2D eigenvalue weighted by atomic mass is 9.95. The number of aliphatic carboxylic acids is 1. The van der Waals surface area contributed by atoms with Crippen molar-refractivity contribution in [1.82, 2.24) is 5.32 Å². The highest BCUT2D eigenvalue weighted by Gasteiger charge is 2.31. The summed E-state index contributed by atoms with van der Waals surface area (Å²) in [6.45, 7) is 4.80. The maximum absolute atomic E-state index is 11.2. The molecule has 0 rings (SSSR count). The van der Waals surface area contributed by atoms with Crippen LogP contribution in [0.5, 0.6) is 0 Å². The van der Waals surface area contributed by atoms with Gasteiger partial charge in [-0.1, -0.05) is 13.3 Å². The van der Waals surface area contributed by atoms with Crippen LogP contribution in [-0.2, 0) is 4.79 Å². The molecular weight excluding hydrogens is 250 g/mol. The molecule has 1 atom stereocenters. The van der Waals surface area contributed by atoms with Crippen LogP contribution in [0.4, 0.5) is 0 Å². The maximum atomic E-state index is 11.2. The molecule has 0 radical (unpaired) electrons.